The Kier molecular flexibility index (Phi) is 7.87. The Hall–Kier alpha value is -4.01. The second-order valence-corrected chi connectivity index (χ2v) is 7.72. The maximum absolute atomic E-state index is 12.8. The van der Waals surface area contributed by atoms with E-state index in [0.717, 1.165) is 0 Å². The molecule has 1 aliphatic heterocycles. The zero-order valence-electron chi connectivity index (χ0n) is 18.9. The number of hydrogen-bond acceptors (Lipinski definition) is 8. The quantitative estimate of drug-likeness (QED) is 0.359. The molecule has 0 N–H and O–H groups in total. The first-order valence-electron chi connectivity index (χ1n) is 11.0. The maximum Gasteiger partial charge on any atom is 0.338 e. The number of rotatable bonds is 8. The highest BCUT2D eigenvalue weighted by atomic mass is 16.7. The number of esters is 3. The third-order valence-electron chi connectivity index (χ3n) is 5.39. The molecule has 1 aliphatic rings. The summed E-state index contributed by atoms with van der Waals surface area (Å²) in [5.41, 5.74) is 0.981. The van der Waals surface area contributed by atoms with E-state index in [1.165, 1.54) is 7.11 Å². The zero-order chi connectivity index (χ0) is 24.6. The minimum atomic E-state index is -1.10. The van der Waals surface area contributed by atoms with Crippen molar-refractivity contribution >= 4 is 17.9 Å². The summed E-state index contributed by atoms with van der Waals surface area (Å²) in [5.74, 6) is -1.85. The molecule has 0 saturated carbocycles. The van der Waals surface area contributed by atoms with Gasteiger partial charge in [0.2, 0.25) is 0 Å². The van der Waals surface area contributed by atoms with Crippen molar-refractivity contribution in [2.75, 3.05) is 13.7 Å². The van der Waals surface area contributed by atoms with Crippen LogP contribution in [0.25, 0.3) is 0 Å². The first-order chi connectivity index (χ1) is 17.1. The van der Waals surface area contributed by atoms with E-state index in [2.05, 4.69) is 0 Å². The highest BCUT2D eigenvalue weighted by molar-refractivity contribution is 5.90. The molecular formula is C27H24O8. The Morgan fingerprint density at radius 3 is 1.54 bits per heavy atom. The molecule has 4 atom stereocenters. The van der Waals surface area contributed by atoms with Crippen molar-refractivity contribution in [3.05, 3.63) is 108 Å². The van der Waals surface area contributed by atoms with Gasteiger partial charge in [0.15, 0.2) is 18.5 Å². The number of benzene rings is 3. The van der Waals surface area contributed by atoms with Crippen molar-refractivity contribution in [3.63, 3.8) is 0 Å². The monoisotopic (exact) mass is 476 g/mol. The van der Waals surface area contributed by atoms with Crippen LogP contribution < -0.4 is 0 Å². The summed E-state index contributed by atoms with van der Waals surface area (Å²) < 4.78 is 28.0. The van der Waals surface area contributed by atoms with Gasteiger partial charge in [0, 0.05) is 7.11 Å². The predicted molar refractivity (Wildman–Crippen MR) is 124 cm³/mol. The van der Waals surface area contributed by atoms with Crippen LogP contribution in [-0.2, 0) is 23.7 Å². The van der Waals surface area contributed by atoms with Crippen LogP contribution in [0.15, 0.2) is 91.0 Å². The average molecular weight is 476 g/mol. The van der Waals surface area contributed by atoms with Gasteiger partial charge in [-0.2, -0.15) is 0 Å². The van der Waals surface area contributed by atoms with Crippen LogP contribution in [0.1, 0.15) is 31.1 Å². The largest absolute Gasteiger partial charge is 0.459 e. The van der Waals surface area contributed by atoms with Gasteiger partial charge in [-0.15, -0.1) is 0 Å². The second-order valence-electron chi connectivity index (χ2n) is 7.72. The Morgan fingerprint density at radius 1 is 0.657 bits per heavy atom. The van der Waals surface area contributed by atoms with Gasteiger partial charge in [0.05, 0.1) is 16.7 Å². The second kappa shape index (κ2) is 11.4. The van der Waals surface area contributed by atoms with E-state index < -0.39 is 42.5 Å². The van der Waals surface area contributed by atoms with Gasteiger partial charge >= 0.3 is 17.9 Å². The van der Waals surface area contributed by atoms with Crippen LogP contribution in [0, 0.1) is 0 Å². The lowest BCUT2D eigenvalue weighted by atomic mass is 10.1. The van der Waals surface area contributed by atoms with Crippen molar-refractivity contribution in [2.24, 2.45) is 0 Å². The molecule has 0 amide bonds. The topological polar surface area (TPSA) is 97.4 Å². The third-order valence-corrected chi connectivity index (χ3v) is 5.39. The molecule has 3 aromatic rings. The van der Waals surface area contributed by atoms with Gasteiger partial charge in [-0.1, -0.05) is 54.6 Å². The SMILES string of the molecule is COC1O[C@@H](COC(=O)c2ccccc2)[C@H](OC(=O)c2ccccc2)[C@H]1OC(=O)c1ccccc1. The lowest BCUT2D eigenvalue weighted by Gasteiger charge is -2.24. The predicted octanol–water partition coefficient (Wildman–Crippen LogP) is 3.67. The summed E-state index contributed by atoms with van der Waals surface area (Å²) >= 11 is 0. The summed E-state index contributed by atoms with van der Waals surface area (Å²) in [6, 6.07) is 25.2. The third kappa shape index (κ3) is 5.92. The highest BCUT2D eigenvalue weighted by Crippen LogP contribution is 2.29. The van der Waals surface area contributed by atoms with E-state index in [0.29, 0.717) is 16.7 Å². The first-order valence-corrected chi connectivity index (χ1v) is 11.0. The molecule has 1 heterocycles. The highest BCUT2D eigenvalue weighted by Gasteiger charge is 2.50. The minimum absolute atomic E-state index is 0.250. The first kappa shape index (κ1) is 24.1. The lowest BCUT2D eigenvalue weighted by molar-refractivity contribution is -0.155. The van der Waals surface area contributed by atoms with E-state index >= 15 is 0 Å². The summed E-state index contributed by atoms with van der Waals surface area (Å²) in [4.78, 5) is 38.0. The van der Waals surface area contributed by atoms with Gasteiger partial charge in [-0.3, -0.25) is 0 Å². The summed E-state index contributed by atoms with van der Waals surface area (Å²) in [5, 5.41) is 0. The zero-order valence-corrected chi connectivity index (χ0v) is 18.9. The molecule has 4 rings (SSSR count). The van der Waals surface area contributed by atoms with Crippen molar-refractivity contribution in [2.45, 2.75) is 24.6 Å². The molecule has 3 aromatic carbocycles. The molecule has 0 radical (unpaired) electrons. The molecule has 0 aromatic heterocycles. The van der Waals surface area contributed by atoms with Crippen molar-refractivity contribution < 1.29 is 38.1 Å². The van der Waals surface area contributed by atoms with Gasteiger partial charge < -0.3 is 23.7 Å². The van der Waals surface area contributed by atoms with E-state index in [9.17, 15) is 14.4 Å². The van der Waals surface area contributed by atoms with Gasteiger partial charge in [0.25, 0.3) is 0 Å². The van der Waals surface area contributed by atoms with Crippen molar-refractivity contribution in [1.29, 1.82) is 0 Å². The molecule has 1 unspecified atom stereocenters. The molecular weight excluding hydrogens is 452 g/mol. The van der Waals surface area contributed by atoms with Crippen LogP contribution in [0.5, 0.6) is 0 Å². The van der Waals surface area contributed by atoms with Gasteiger partial charge in [0.1, 0.15) is 12.7 Å². The van der Waals surface area contributed by atoms with Crippen LogP contribution in [-0.4, -0.2) is 56.2 Å². The van der Waals surface area contributed by atoms with E-state index in [-0.39, 0.29) is 6.61 Å². The van der Waals surface area contributed by atoms with Crippen LogP contribution in [0.2, 0.25) is 0 Å². The molecule has 0 spiro atoms. The lowest BCUT2D eigenvalue weighted by Crippen LogP contribution is -2.42. The Bertz CT molecular complexity index is 1130. The molecule has 180 valence electrons. The standard InChI is InChI=1S/C27H24O8/c1-31-27-23(35-26(30)20-15-9-4-10-16-20)22(34-25(29)19-13-7-3-8-14-19)21(33-27)17-32-24(28)18-11-5-2-6-12-18/h2-16,21-23,27H,17H2,1H3/t21-,22-,23+,27?/m0/s1. The Labute approximate surface area is 202 Å². The summed E-state index contributed by atoms with van der Waals surface area (Å²) in [6.45, 7) is -0.250. The summed E-state index contributed by atoms with van der Waals surface area (Å²) in [7, 11) is 1.38. The van der Waals surface area contributed by atoms with Crippen LogP contribution in [0.4, 0.5) is 0 Å². The molecule has 1 saturated heterocycles. The fourth-order valence-corrected chi connectivity index (χ4v) is 3.63. The fraction of sp³-hybridized carbons (Fsp3) is 0.222. The Morgan fingerprint density at radius 2 is 1.09 bits per heavy atom. The number of carbonyl (C=O) groups is 3. The average Bonchev–Trinajstić information content (AvgIpc) is 3.24. The molecule has 8 heteroatoms. The molecule has 1 fully saturated rings. The van der Waals surface area contributed by atoms with E-state index in [1.54, 1.807) is 91.0 Å². The normalized spacial score (nSPS) is 21.2. The maximum atomic E-state index is 12.8. The van der Waals surface area contributed by atoms with Crippen molar-refractivity contribution in [1.82, 2.24) is 0 Å². The van der Waals surface area contributed by atoms with Crippen LogP contribution in [0.3, 0.4) is 0 Å². The number of hydrogen-bond donors (Lipinski definition) is 0. The number of carbonyl (C=O) groups excluding carboxylic acids is 3. The fourth-order valence-electron chi connectivity index (χ4n) is 3.63. The van der Waals surface area contributed by atoms with E-state index in [1.807, 2.05) is 0 Å². The number of ether oxygens (including phenoxy) is 5. The Balaban J connectivity index is 1.54. The van der Waals surface area contributed by atoms with Crippen molar-refractivity contribution in [3.8, 4) is 0 Å². The molecule has 0 bridgehead atoms. The van der Waals surface area contributed by atoms with Crippen LogP contribution >= 0.6 is 0 Å². The van der Waals surface area contributed by atoms with Gasteiger partial charge in [-0.25, -0.2) is 14.4 Å². The molecule has 35 heavy (non-hydrogen) atoms. The summed E-state index contributed by atoms with van der Waals surface area (Å²) in [6.07, 6.45) is -4.17. The number of methoxy groups -OCH3 is 1. The smallest absolute Gasteiger partial charge is 0.338 e. The van der Waals surface area contributed by atoms with Gasteiger partial charge in [-0.05, 0) is 36.4 Å². The molecule has 0 aliphatic carbocycles. The molecule has 8 nitrogen and oxygen atoms in total. The minimum Gasteiger partial charge on any atom is -0.459 e. The van der Waals surface area contributed by atoms with E-state index in [4.69, 9.17) is 23.7 Å².